The Bertz CT molecular complexity index is 794. The summed E-state index contributed by atoms with van der Waals surface area (Å²) >= 11 is 0. The summed E-state index contributed by atoms with van der Waals surface area (Å²) in [7, 11) is 0. The van der Waals surface area contributed by atoms with Gasteiger partial charge in [0.2, 0.25) is 0 Å². The number of ether oxygens (including phenoxy) is 2. The number of rotatable bonds is 2. The molecule has 1 saturated heterocycles. The molecule has 26 heavy (non-hydrogen) atoms. The van der Waals surface area contributed by atoms with Crippen LogP contribution in [0.3, 0.4) is 0 Å². The number of benzene rings is 2. The number of aromatic hydroxyl groups is 1. The van der Waals surface area contributed by atoms with E-state index < -0.39 is 0 Å². The van der Waals surface area contributed by atoms with Gasteiger partial charge in [0.05, 0.1) is 13.2 Å². The fourth-order valence-electron chi connectivity index (χ4n) is 5.67. The average molecular weight is 350 g/mol. The van der Waals surface area contributed by atoms with Crippen LogP contribution in [0.25, 0.3) is 0 Å². The van der Waals surface area contributed by atoms with Crippen molar-refractivity contribution in [3.05, 3.63) is 65.2 Å². The molecule has 2 aliphatic carbocycles. The fourth-order valence-corrected chi connectivity index (χ4v) is 5.67. The van der Waals surface area contributed by atoms with Crippen LogP contribution in [-0.2, 0) is 27.7 Å². The summed E-state index contributed by atoms with van der Waals surface area (Å²) in [5.41, 5.74) is 4.26. The number of hydrogen-bond acceptors (Lipinski definition) is 3. The van der Waals surface area contributed by atoms with Gasteiger partial charge in [-0.15, -0.1) is 0 Å². The first kappa shape index (κ1) is 16.3. The van der Waals surface area contributed by atoms with E-state index in [2.05, 4.69) is 36.4 Å². The standard InChI is InChI=1S/C23H26O3/c24-20-8-9-21-18(14-20)6-7-19-16-23(25-12-13-26-23)11-10-22(19,21)15-17-4-2-1-3-5-17/h1-5,8-9,14,19,24H,6-7,10-13,15-16H2/t19?,22-/m0/s1. The Kier molecular flexibility index (Phi) is 3.84. The van der Waals surface area contributed by atoms with Gasteiger partial charge in [-0.2, -0.15) is 0 Å². The molecule has 1 aliphatic heterocycles. The van der Waals surface area contributed by atoms with Gasteiger partial charge in [0.15, 0.2) is 5.79 Å². The zero-order valence-electron chi connectivity index (χ0n) is 15.1. The largest absolute Gasteiger partial charge is 0.508 e. The van der Waals surface area contributed by atoms with E-state index in [9.17, 15) is 5.11 Å². The molecule has 0 aromatic heterocycles. The van der Waals surface area contributed by atoms with Gasteiger partial charge in [0.1, 0.15) is 5.75 Å². The Morgan fingerprint density at radius 3 is 2.62 bits per heavy atom. The van der Waals surface area contributed by atoms with Crippen LogP contribution < -0.4 is 0 Å². The van der Waals surface area contributed by atoms with Crippen molar-refractivity contribution in [2.75, 3.05) is 13.2 Å². The van der Waals surface area contributed by atoms with Crippen molar-refractivity contribution in [3.63, 3.8) is 0 Å². The lowest BCUT2D eigenvalue weighted by atomic mass is 9.54. The minimum absolute atomic E-state index is 0.114. The highest BCUT2D eigenvalue weighted by Gasteiger charge is 2.54. The minimum atomic E-state index is -0.348. The van der Waals surface area contributed by atoms with Crippen LogP contribution in [-0.4, -0.2) is 24.1 Å². The highest BCUT2D eigenvalue weighted by atomic mass is 16.7. The van der Waals surface area contributed by atoms with Gasteiger partial charge in [-0.3, -0.25) is 0 Å². The van der Waals surface area contributed by atoms with E-state index in [1.54, 1.807) is 0 Å². The van der Waals surface area contributed by atoms with Gasteiger partial charge < -0.3 is 14.6 Å². The van der Waals surface area contributed by atoms with E-state index in [0.717, 1.165) is 51.7 Å². The Morgan fingerprint density at radius 1 is 1.00 bits per heavy atom. The van der Waals surface area contributed by atoms with Crippen molar-refractivity contribution < 1.29 is 14.6 Å². The monoisotopic (exact) mass is 350 g/mol. The molecule has 3 nitrogen and oxygen atoms in total. The summed E-state index contributed by atoms with van der Waals surface area (Å²) < 4.78 is 12.1. The Morgan fingerprint density at radius 2 is 1.81 bits per heavy atom. The SMILES string of the molecule is Oc1ccc2c(c1)CCC1CC3(CC[C@@]21Cc1ccccc1)OCCO3. The molecule has 0 radical (unpaired) electrons. The first-order valence-electron chi connectivity index (χ1n) is 9.83. The van der Waals surface area contributed by atoms with Crippen LogP contribution in [0, 0.1) is 5.92 Å². The van der Waals surface area contributed by atoms with Gasteiger partial charge in [0.25, 0.3) is 0 Å². The molecule has 3 aliphatic rings. The van der Waals surface area contributed by atoms with Gasteiger partial charge in [-0.05, 0) is 60.4 Å². The van der Waals surface area contributed by atoms with Crippen molar-refractivity contribution in [3.8, 4) is 5.75 Å². The molecule has 0 amide bonds. The predicted molar refractivity (Wildman–Crippen MR) is 100 cm³/mol. The molecule has 2 fully saturated rings. The van der Waals surface area contributed by atoms with E-state index in [-0.39, 0.29) is 11.2 Å². The van der Waals surface area contributed by atoms with E-state index in [1.165, 1.54) is 16.7 Å². The third-order valence-electron chi connectivity index (χ3n) is 6.85. The molecule has 1 unspecified atom stereocenters. The molecule has 2 aromatic carbocycles. The maximum Gasteiger partial charge on any atom is 0.168 e. The highest BCUT2D eigenvalue weighted by Crippen LogP contribution is 2.56. The zero-order chi connectivity index (χ0) is 17.6. The molecule has 0 bridgehead atoms. The lowest BCUT2D eigenvalue weighted by Crippen LogP contribution is -2.51. The molecule has 1 saturated carbocycles. The fraction of sp³-hybridized carbons (Fsp3) is 0.478. The second-order valence-corrected chi connectivity index (χ2v) is 8.21. The first-order valence-corrected chi connectivity index (χ1v) is 9.83. The summed E-state index contributed by atoms with van der Waals surface area (Å²) in [5, 5.41) is 9.99. The average Bonchev–Trinajstić information content (AvgIpc) is 3.11. The molecule has 5 rings (SSSR count). The third kappa shape index (κ3) is 2.57. The molecule has 3 heteroatoms. The van der Waals surface area contributed by atoms with Crippen LogP contribution >= 0.6 is 0 Å². The van der Waals surface area contributed by atoms with Gasteiger partial charge in [-0.1, -0.05) is 36.4 Å². The number of aryl methyl sites for hydroxylation is 1. The van der Waals surface area contributed by atoms with E-state index >= 15 is 0 Å². The lowest BCUT2D eigenvalue weighted by Gasteiger charge is -2.53. The topological polar surface area (TPSA) is 38.7 Å². The minimum Gasteiger partial charge on any atom is -0.508 e. The lowest BCUT2D eigenvalue weighted by molar-refractivity contribution is -0.200. The van der Waals surface area contributed by atoms with E-state index in [1.807, 2.05) is 12.1 Å². The van der Waals surface area contributed by atoms with Crippen molar-refractivity contribution in [1.82, 2.24) is 0 Å². The predicted octanol–water partition coefficient (Wildman–Crippen LogP) is 4.36. The molecule has 1 N–H and O–H groups in total. The Labute approximate surface area is 155 Å². The van der Waals surface area contributed by atoms with Crippen molar-refractivity contribution in [2.45, 2.75) is 49.7 Å². The summed E-state index contributed by atoms with van der Waals surface area (Å²) in [6, 6.07) is 16.9. The van der Waals surface area contributed by atoms with Gasteiger partial charge >= 0.3 is 0 Å². The molecule has 1 spiro atoms. The number of hydrogen-bond donors (Lipinski definition) is 1. The van der Waals surface area contributed by atoms with Crippen LogP contribution in [0.1, 0.15) is 42.4 Å². The van der Waals surface area contributed by atoms with E-state index in [0.29, 0.717) is 11.7 Å². The molecule has 1 heterocycles. The summed E-state index contributed by atoms with van der Waals surface area (Å²) in [4.78, 5) is 0. The highest BCUT2D eigenvalue weighted by molar-refractivity contribution is 5.44. The van der Waals surface area contributed by atoms with Crippen molar-refractivity contribution >= 4 is 0 Å². The van der Waals surface area contributed by atoms with Crippen LogP contribution in [0.5, 0.6) is 5.75 Å². The zero-order valence-corrected chi connectivity index (χ0v) is 15.1. The normalized spacial score (nSPS) is 29.3. The quantitative estimate of drug-likeness (QED) is 0.874. The Hall–Kier alpha value is -1.84. The summed E-state index contributed by atoms with van der Waals surface area (Å²) in [5.74, 6) is 0.581. The molecular weight excluding hydrogens is 324 g/mol. The molecule has 2 aromatic rings. The molecular formula is C23H26O3. The third-order valence-corrected chi connectivity index (χ3v) is 6.85. The van der Waals surface area contributed by atoms with Crippen molar-refractivity contribution in [1.29, 1.82) is 0 Å². The second-order valence-electron chi connectivity index (χ2n) is 8.21. The van der Waals surface area contributed by atoms with Gasteiger partial charge in [-0.25, -0.2) is 0 Å². The second kappa shape index (κ2) is 6.11. The molecule has 136 valence electrons. The smallest absolute Gasteiger partial charge is 0.168 e. The number of phenolic OH excluding ortho intramolecular Hbond substituents is 1. The number of phenols is 1. The Balaban J connectivity index is 1.58. The summed E-state index contributed by atoms with van der Waals surface area (Å²) in [6.07, 6.45) is 6.23. The number of fused-ring (bicyclic) bond motifs is 3. The van der Waals surface area contributed by atoms with E-state index in [4.69, 9.17) is 9.47 Å². The first-order chi connectivity index (χ1) is 12.7. The van der Waals surface area contributed by atoms with Crippen LogP contribution in [0.2, 0.25) is 0 Å². The van der Waals surface area contributed by atoms with Crippen molar-refractivity contribution in [2.24, 2.45) is 5.92 Å². The van der Waals surface area contributed by atoms with Crippen LogP contribution in [0.15, 0.2) is 48.5 Å². The van der Waals surface area contributed by atoms with Gasteiger partial charge in [0, 0.05) is 18.3 Å². The molecule has 2 atom stereocenters. The maximum absolute atomic E-state index is 9.99. The van der Waals surface area contributed by atoms with Crippen LogP contribution in [0.4, 0.5) is 0 Å². The maximum atomic E-state index is 9.99. The summed E-state index contributed by atoms with van der Waals surface area (Å²) in [6.45, 7) is 1.45.